The van der Waals surface area contributed by atoms with Crippen molar-refractivity contribution < 1.29 is 0 Å². The van der Waals surface area contributed by atoms with Crippen LogP contribution in [0.3, 0.4) is 0 Å². The minimum Gasteiger partial charge on any atom is -0.198 e. The molecule has 2 rings (SSSR count). The predicted octanol–water partition coefficient (Wildman–Crippen LogP) is 2.97. The summed E-state index contributed by atoms with van der Waals surface area (Å²) in [4.78, 5) is 0. The second kappa shape index (κ2) is 2.80. The second-order valence-electron chi connectivity index (χ2n) is 3.13. The van der Waals surface area contributed by atoms with Crippen molar-refractivity contribution in [3.8, 4) is 6.07 Å². The first-order valence-electron chi connectivity index (χ1n) is 3.96. The molecule has 0 bridgehead atoms. The van der Waals surface area contributed by atoms with Gasteiger partial charge in [-0.3, -0.25) is 0 Å². The molecular weight excluding hydrogens is 170 g/mol. The number of nitriles is 1. The van der Waals surface area contributed by atoms with Crippen LogP contribution in [0.15, 0.2) is 24.3 Å². The topological polar surface area (TPSA) is 23.8 Å². The highest BCUT2D eigenvalue weighted by atomic mass is 35.5. The predicted molar refractivity (Wildman–Crippen MR) is 47.9 cm³/mol. The van der Waals surface area contributed by atoms with Crippen LogP contribution in [0.1, 0.15) is 17.9 Å². The molecule has 0 heterocycles. The van der Waals surface area contributed by atoms with E-state index < -0.39 is 0 Å². The zero-order valence-corrected chi connectivity index (χ0v) is 7.25. The SMILES string of the molecule is N#C[C@H]1C[C@@H]1c1ccc(Cl)cc1. The van der Waals surface area contributed by atoms with Crippen LogP contribution in [0.5, 0.6) is 0 Å². The third-order valence-corrected chi connectivity index (χ3v) is 2.51. The van der Waals surface area contributed by atoms with Gasteiger partial charge in [0, 0.05) is 10.9 Å². The van der Waals surface area contributed by atoms with Crippen LogP contribution < -0.4 is 0 Å². The third kappa shape index (κ3) is 1.31. The van der Waals surface area contributed by atoms with E-state index in [0.717, 1.165) is 11.4 Å². The molecule has 1 fully saturated rings. The van der Waals surface area contributed by atoms with Crippen LogP contribution in [-0.2, 0) is 0 Å². The van der Waals surface area contributed by atoms with Gasteiger partial charge in [0.1, 0.15) is 0 Å². The van der Waals surface area contributed by atoms with Crippen molar-refractivity contribution in [1.82, 2.24) is 0 Å². The Hall–Kier alpha value is -1.00. The van der Waals surface area contributed by atoms with Crippen molar-refractivity contribution in [1.29, 1.82) is 5.26 Å². The van der Waals surface area contributed by atoms with Gasteiger partial charge in [-0.1, -0.05) is 23.7 Å². The zero-order valence-electron chi connectivity index (χ0n) is 6.50. The average molecular weight is 178 g/mol. The third-order valence-electron chi connectivity index (χ3n) is 2.25. The first kappa shape index (κ1) is 7.64. The molecule has 0 aliphatic heterocycles. The summed E-state index contributed by atoms with van der Waals surface area (Å²) in [5.41, 5.74) is 1.24. The van der Waals surface area contributed by atoms with Crippen LogP contribution >= 0.6 is 11.6 Å². The van der Waals surface area contributed by atoms with E-state index in [2.05, 4.69) is 6.07 Å². The van der Waals surface area contributed by atoms with Crippen molar-refractivity contribution in [2.75, 3.05) is 0 Å². The van der Waals surface area contributed by atoms with Crippen molar-refractivity contribution in [3.05, 3.63) is 34.9 Å². The summed E-state index contributed by atoms with van der Waals surface area (Å²) in [6, 6.07) is 10.0. The molecule has 12 heavy (non-hydrogen) atoms. The van der Waals surface area contributed by atoms with Crippen LogP contribution in [0.4, 0.5) is 0 Å². The number of benzene rings is 1. The fraction of sp³-hybridized carbons (Fsp3) is 0.300. The lowest BCUT2D eigenvalue weighted by molar-refractivity contribution is 1.02. The largest absolute Gasteiger partial charge is 0.198 e. The number of hydrogen-bond acceptors (Lipinski definition) is 1. The molecule has 0 saturated heterocycles. The fourth-order valence-corrected chi connectivity index (χ4v) is 1.54. The Labute approximate surface area is 76.6 Å². The van der Waals surface area contributed by atoms with Gasteiger partial charge >= 0.3 is 0 Å². The van der Waals surface area contributed by atoms with Gasteiger partial charge in [0.25, 0.3) is 0 Å². The highest BCUT2D eigenvalue weighted by molar-refractivity contribution is 6.30. The lowest BCUT2D eigenvalue weighted by atomic mass is 10.1. The standard InChI is InChI=1S/C10H8ClN/c11-9-3-1-7(2-4-9)10-5-8(10)6-12/h1-4,8,10H,5H2/t8-,10-/m1/s1. The first-order chi connectivity index (χ1) is 5.81. The highest BCUT2D eigenvalue weighted by Gasteiger charge is 2.38. The molecule has 60 valence electrons. The lowest BCUT2D eigenvalue weighted by Gasteiger charge is -1.96. The van der Waals surface area contributed by atoms with Gasteiger partial charge in [-0.15, -0.1) is 0 Å². The average Bonchev–Trinajstić information content (AvgIpc) is 2.85. The minimum atomic E-state index is 0.242. The molecule has 1 aliphatic carbocycles. The van der Waals surface area contributed by atoms with Crippen LogP contribution in [-0.4, -0.2) is 0 Å². The molecule has 2 heteroatoms. The Morgan fingerprint density at radius 2 is 2.00 bits per heavy atom. The molecule has 0 aromatic heterocycles. The van der Waals surface area contributed by atoms with Crippen molar-refractivity contribution in [2.24, 2.45) is 5.92 Å². The quantitative estimate of drug-likeness (QED) is 0.647. The smallest absolute Gasteiger partial charge is 0.0662 e. The minimum absolute atomic E-state index is 0.242. The summed E-state index contributed by atoms with van der Waals surface area (Å²) < 4.78 is 0. The molecule has 1 saturated carbocycles. The van der Waals surface area contributed by atoms with Gasteiger partial charge in [0.2, 0.25) is 0 Å². The second-order valence-corrected chi connectivity index (χ2v) is 3.57. The normalized spacial score (nSPS) is 26.3. The number of rotatable bonds is 1. The Bertz CT molecular complexity index is 323. The van der Waals surface area contributed by atoms with E-state index in [0.29, 0.717) is 5.92 Å². The maximum atomic E-state index is 8.62. The van der Waals surface area contributed by atoms with E-state index in [1.165, 1.54) is 5.56 Å². The number of nitrogens with zero attached hydrogens (tertiary/aromatic N) is 1. The molecule has 0 radical (unpaired) electrons. The molecule has 0 spiro atoms. The van der Waals surface area contributed by atoms with E-state index in [1.54, 1.807) is 0 Å². The number of hydrogen-bond donors (Lipinski definition) is 0. The summed E-state index contributed by atoms with van der Waals surface area (Å²) >= 11 is 5.74. The van der Waals surface area contributed by atoms with E-state index in [1.807, 2.05) is 24.3 Å². The first-order valence-corrected chi connectivity index (χ1v) is 4.34. The van der Waals surface area contributed by atoms with E-state index in [4.69, 9.17) is 16.9 Å². The van der Waals surface area contributed by atoms with Crippen molar-refractivity contribution >= 4 is 11.6 Å². The van der Waals surface area contributed by atoms with Crippen molar-refractivity contribution in [2.45, 2.75) is 12.3 Å². The van der Waals surface area contributed by atoms with E-state index in [9.17, 15) is 0 Å². The van der Waals surface area contributed by atoms with Gasteiger partial charge in [-0.25, -0.2) is 0 Å². The molecule has 0 N–H and O–H groups in total. The lowest BCUT2D eigenvalue weighted by Crippen LogP contribution is -1.79. The van der Waals surface area contributed by atoms with Crippen molar-refractivity contribution in [3.63, 3.8) is 0 Å². The summed E-state index contributed by atoms with van der Waals surface area (Å²) in [5, 5.41) is 9.37. The molecule has 1 aromatic carbocycles. The van der Waals surface area contributed by atoms with Gasteiger partial charge in [-0.05, 0) is 24.1 Å². The van der Waals surface area contributed by atoms with Gasteiger partial charge in [0.15, 0.2) is 0 Å². The van der Waals surface area contributed by atoms with E-state index >= 15 is 0 Å². The molecule has 0 unspecified atom stereocenters. The van der Waals surface area contributed by atoms with Gasteiger partial charge < -0.3 is 0 Å². The molecule has 1 nitrogen and oxygen atoms in total. The maximum Gasteiger partial charge on any atom is 0.0662 e. The zero-order chi connectivity index (χ0) is 8.55. The summed E-state index contributed by atoms with van der Waals surface area (Å²) in [6.07, 6.45) is 1.01. The van der Waals surface area contributed by atoms with Gasteiger partial charge in [0.05, 0.1) is 12.0 Å². The van der Waals surface area contributed by atoms with Crippen LogP contribution in [0.25, 0.3) is 0 Å². The Morgan fingerprint density at radius 1 is 1.33 bits per heavy atom. The Balaban J connectivity index is 2.17. The monoisotopic (exact) mass is 177 g/mol. The summed E-state index contributed by atoms with van der Waals surface area (Å²) in [6.45, 7) is 0. The fourth-order valence-electron chi connectivity index (χ4n) is 1.42. The van der Waals surface area contributed by atoms with Crippen LogP contribution in [0, 0.1) is 17.2 Å². The Morgan fingerprint density at radius 3 is 2.50 bits per heavy atom. The molecule has 0 amide bonds. The highest BCUT2D eigenvalue weighted by Crippen LogP contribution is 2.46. The molecule has 1 aliphatic rings. The Kier molecular flexibility index (Phi) is 1.78. The molecule has 1 aromatic rings. The van der Waals surface area contributed by atoms with Gasteiger partial charge in [-0.2, -0.15) is 5.26 Å². The summed E-state index contributed by atoms with van der Waals surface area (Å²) in [5.74, 6) is 0.707. The van der Waals surface area contributed by atoms with E-state index in [-0.39, 0.29) is 5.92 Å². The molecular formula is C10H8ClN. The number of halogens is 1. The van der Waals surface area contributed by atoms with Crippen LogP contribution in [0.2, 0.25) is 5.02 Å². The molecule has 2 atom stereocenters. The summed E-state index contributed by atoms with van der Waals surface area (Å²) in [7, 11) is 0. The maximum absolute atomic E-state index is 8.62.